The first-order chi connectivity index (χ1) is 11.6. The Kier molecular flexibility index (Phi) is 7.57. The minimum atomic E-state index is -0.376. The van der Waals surface area contributed by atoms with Gasteiger partial charge in [0.05, 0.1) is 25.2 Å². The van der Waals surface area contributed by atoms with Gasteiger partial charge in [0.1, 0.15) is 11.9 Å². The lowest BCUT2D eigenvalue weighted by molar-refractivity contribution is 0.0504. The van der Waals surface area contributed by atoms with E-state index in [0.717, 1.165) is 22.4 Å². The minimum Gasteiger partial charge on any atom is -0.486 e. The number of rotatable bonds is 9. The lowest BCUT2D eigenvalue weighted by Crippen LogP contribution is -2.25. The van der Waals surface area contributed by atoms with E-state index in [-0.39, 0.29) is 12.2 Å². The summed E-state index contributed by atoms with van der Waals surface area (Å²) in [4.78, 5) is 0. The van der Waals surface area contributed by atoms with E-state index in [2.05, 4.69) is 0 Å². The summed E-state index contributed by atoms with van der Waals surface area (Å²) in [6.07, 6.45) is 0.0154. The first-order valence-electron chi connectivity index (χ1n) is 8.20. The van der Waals surface area contributed by atoms with Crippen molar-refractivity contribution in [1.82, 2.24) is 0 Å². The van der Waals surface area contributed by atoms with Gasteiger partial charge in [-0.05, 0) is 43.0 Å². The van der Waals surface area contributed by atoms with Gasteiger partial charge in [0.15, 0.2) is 0 Å². The molecule has 1 N–H and O–H groups in total. The van der Waals surface area contributed by atoms with Gasteiger partial charge in [0, 0.05) is 0 Å². The second kappa shape index (κ2) is 9.67. The first kappa shape index (κ1) is 18.8. The molecule has 0 saturated carbocycles. The molecule has 0 saturated heterocycles. The van der Waals surface area contributed by atoms with E-state index < -0.39 is 0 Å². The van der Waals surface area contributed by atoms with Crippen molar-refractivity contribution in [2.45, 2.75) is 39.1 Å². The zero-order valence-corrected chi connectivity index (χ0v) is 15.0. The van der Waals surface area contributed by atoms with E-state index in [1.807, 2.05) is 55.5 Å². The predicted molar refractivity (Wildman–Crippen MR) is 97.8 cm³/mol. The van der Waals surface area contributed by atoms with Crippen LogP contribution in [0.1, 0.15) is 23.6 Å². The van der Waals surface area contributed by atoms with E-state index in [1.165, 1.54) is 0 Å². The van der Waals surface area contributed by atoms with Gasteiger partial charge in [-0.1, -0.05) is 42.5 Å². The van der Waals surface area contributed by atoms with Crippen LogP contribution in [-0.2, 0) is 17.8 Å². The fraction of sp³-hybridized carbons (Fsp3) is 0.400. The molecule has 2 aromatic carbocycles. The van der Waals surface area contributed by atoms with Crippen LogP contribution in [0.2, 0.25) is 0 Å². The van der Waals surface area contributed by atoms with Gasteiger partial charge in [-0.15, -0.1) is 11.6 Å². The molecule has 0 bridgehead atoms. The largest absolute Gasteiger partial charge is 0.486 e. The maximum absolute atomic E-state index is 9.54. The van der Waals surface area contributed by atoms with Crippen LogP contribution in [0.5, 0.6) is 5.75 Å². The molecule has 3 nitrogen and oxygen atoms in total. The van der Waals surface area contributed by atoms with E-state index in [9.17, 15) is 5.11 Å². The zero-order valence-electron chi connectivity index (χ0n) is 14.2. The lowest BCUT2D eigenvalue weighted by atomic mass is 10.1. The topological polar surface area (TPSA) is 38.7 Å². The Labute approximate surface area is 149 Å². The molecule has 2 atom stereocenters. The van der Waals surface area contributed by atoms with Crippen LogP contribution in [-0.4, -0.2) is 29.8 Å². The number of aryl methyl sites for hydroxylation is 1. The van der Waals surface area contributed by atoms with Gasteiger partial charge in [-0.2, -0.15) is 0 Å². The van der Waals surface area contributed by atoms with Crippen molar-refractivity contribution in [2.24, 2.45) is 0 Å². The van der Waals surface area contributed by atoms with E-state index in [1.54, 1.807) is 6.92 Å². The van der Waals surface area contributed by atoms with Crippen molar-refractivity contribution < 1.29 is 14.6 Å². The Morgan fingerprint density at radius 3 is 2.50 bits per heavy atom. The summed E-state index contributed by atoms with van der Waals surface area (Å²) in [7, 11) is 0. The van der Waals surface area contributed by atoms with Crippen LogP contribution < -0.4 is 4.74 Å². The number of aliphatic hydroxyl groups is 1. The smallest absolute Gasteiger partial charge is 0.135 e. The standard InChI is InChI=1S/C20H25ClO3/c1-15-8-9-18(10-16(2)22)11-20(15)24-19(12-21)14-23-13-17-6-4-3-5-7-17/h3-9,11,16,19,22H,10,12-14H2,1-2H3/t16-,19-/m0/s1. The molecule has 0 unspecified atom stereocenters. The average Bonchev–Trinajstić information content (AvgIpc) is 2.57. The number of benzene rings is 2. The van der Waals surface area contributed by atoms with Crippen LogP contribution in [0.15, 0.2) is 48.5 Å². The van der Waals surface area contributed by atoms with Crippen molar-refractivity contribution >= 4 is 11.6 Å². The van der Waals surface area contributed by atoms with Gasteiger partial charge in [0.2, 0.25) is 0 Å². The number of aliphatic hydroxyl groups excluding tert-OH is 1. The summed E-state index contributed by atoms with van der Waals surface area (Å²) in [5.41, 5.74) is 3.22. The summed E-state index contributed by atoms with van der Waals surface area (Å²) in [5, 5.41) is 9.54. The van der Waals surface area contributed by atoms with E-state index in [0.29, 0.717) is 25.5 Å². The van der Waals surface area contributed by atoms with Crippen molar-refractivity contribution in [3.8, 4) is 5.75 Å². The quantitative estimate of drug-likeness (QED) is 0.693. The van der Waals surface area contributed by atoms with Crippen LogP contribution in [0.4, 0.5) is 0 Å². The molecular weight excluding hydrogens is 324 g/mol. The molecule has 0 spiro atoms. The molecule has 2 rings (SSSR count). The van der Waals surface area contributed by atoms with Crippen LogP contribution in [0.3, 0.4) is 0 Å². The van der Waals surface area contributed by atoms with Crippen LogP contribution in [0.25, 0.3) is 0 Å². The van der Waals surface area contributed by atoms with E-state index >= 15 is 0 Å². The maximum Gasteiger partial charge on any atom is 0.135 e. The maximum atomic E-state index is 9.54. The highest BCUT2D eigenvalue weighted by atomic mass is 35.5. The van der Waals surface area contributed by atoms with Crippen molar-refractivity contribution in [1.29, 1.82) is 0 Å². The molecule has 0 radical (unpaired) electrons. The molecule has 130 valence electrons. The van der Waals surface area contributed by atoms with Crippen molar-refractivity contribution in [2.75, 3.05) is 12.5 Å². The monoisotopic (exact) mass is 348 g/mol. The van der Waals surface area contributed by atoms with Crippen LogP contribution in [0, 0.1) is 6.92 Å². The summed E-state index contributed by atoms with van der Waals surface area (Å²) < 4.78 is 11.7. The molecule has 0 aliphatic heterocycles. The number of halogens is 1. The van der Waals surface area contributed by atoms with Crippen molar-refractivity contribution in [3.05, 3.63) is 65.2 Å². The molecule has 2 aromatic rings. The summed E-state index contributed by atoms with van der Waals surface area (Å²) in [6, 6.07) is 16.0. The Balaban J connectivity index is 1.91. The number of ether oxygens (including phenoxy) is 2. The third-order valence-electron chi connectivity index (χ3n) is 3.66. The fourth-order valence-electron chi connectivity index (χ4n) is 2.41. The third kappa shape index (κ3) is 6.16. The number of hydrogen-bond acceptors (Lipinski definition) is 3. The van der Waals surface area contributed by atoms with E-state index in [4.69, 9.17) is 21.1 Å². The average molecular weight is 349 g/mol. The highest BCUT2D eigenvalue weighted by Crippen LogP contribution is 2.22. The predicted octanol–water partition coefficient (Wildman–Crippen LogP) is 4.12. The molecule has 0 aliphatic rings. The van der Waals surface area contributed by atoms with Gasteiger partial charge in [-0.25, -0.2) is 0 Å². The normalized spacial score (nSPS) is 13.5. The van der Waals surface area contributed by atoms with Gasteiger partial charge in [0.25, 0.3) is 0 Å². The molecule has 0 aromatic heterocycles. The number of alkyl halides is 1. The summed E-state index contributed by atoms with van der Waals surface area (Å²) in [6.45, 7) is 4.74. The minimum absolute atomic E-state index is 0.212. The fourth-order valence-corrected chi connectivity index (χ4v) is 2.56. The second-order valence-electron chi connectivity index (χ2n) is 6.05. The Morgan fingerprint density at radius 1 is 1.08 bits per heavy atom. The third-order valence-corrected chi connectivity index (χ3v) is 4.01. The highest BCUT2D eigenvalue weighted by molar-refractivity contribution is 6.18. The Bertz CT molecular complexity index is 614. The molecule has 0 amide bonds. The number of hydrogen-bond donors (Lipinski definition) is 1. The molecule has 0 fully saturated rings. The molecule has 0 heterocycles. The van der Waals surface area contributed by atoms with Gasteiger partial charge < -0.3 is 14.6 Å². The zero-order chi connectivity index (χ0) is 17.4. The Hall–Kier alpha value is -1.55. The molecule has 24 heavy (non-hydrogen) atoms. The summed E-state index contributed by atoms with van der Waals surface area (Å²) >= 11 is 6.03. The Morgan fingerprint density at radius 2 is 1.83 bits per heavy atom. The molecule has 4 heteroatoms. The van der Waals surface area contributed by atoms with Crippen LogP contribution >= 0.6 is 11.6 Å². The lowest BCUT2D eigenvalue weighted by Gasteiger charge is -2.19. The SMILES string of the molecule is Cc1ccc(C[C@H](C)O)cc1O[C@@H](CCl)COCc1ccccc1. The second-order valence-corrected chi connectivity index (χ2v) is 6.36. The molecular formula is C20H25ClO3. The van der Waals surface area contributed by atoms with Crippen molar-refractivity contribution in [3.63, 3.8) is 0 Å². The van der Waals surface area contributed by atoms with Gasteiger partial charge >= 0.3 is 0 Å². The summed E-state index contributed by atoms with van der Waals surface area (Å²) in [5.74, 6) is 1.15. The van der Waals surface area contributed by atoms with Gasteiger partial charge in [-0.3, -0.25) is 0 Å². The molecule has 0 aliphatic carbocycles. The highest BCUT2D eigenvalue weighted by Gasteiger charge is 2.12. The first-order valence-corrected chi connectivity index (χ1v) is 8.74.